The van der Waals surface area contributed by atoms with Crippen molar-refractivity contribution in [3.05, 3.63) is 35.6 Å². The van der Waals surface area contributed by atoms with Gasteiger partial charge in [-0.15, -0.1) is 24.0 Å². The van der Waals surface area contributed by atoms with Crippen LogP contribution in [0, 0.1) is 11.7 Å². The van der Waals surface area contributed by atoms with E-state index in [2.05, 4.69) is 27.0 Å². The van der Waals surface area contributed by atoms with Crippen molar-refractivity contribution < 1.29 is 4.39 Å². The van der Waals surface area contributed by atoms with E-state index in [0.717, 1.165) is 31.2 Å². The van der Waals surface area contributed by atoms with Gasteiger partial charge < -0.3 is 15.1 Å². The number of likely N-dealkylation sites (N-methyl/N-ethyl adjacent to an activating group) is 1. The average Bonchev–Trinajstić information content (AvgIpc) is 2.52. The van der Waals surface area contributed by atoms with Gasteiger partial charge in [-0.05, 0) is 50.6 Å². The smallest absolute Gasteiger partial charge is 0.193 e. The number of likely N-dealkylation sites (tertiary alicyclic amines) is 1. The van der Waals surface area contributed by atoms with Gasteiger partial charge in [0, 0.05) is 26.7 Å². The van der Waals surface area contributed by atoms with Gasteiger partial charge in [0.15, 0.2) is 5.96 Å². The third-order valence-electron chi connectivity index (χ3n) is 4.50. The molecule has 1 fully saturated rings. The first-order chi connectivity index (χ1) is 11.0. The molecule has 1 saturated heterocycles. The van der Waals surface area contributed by atoms with Crippen molar-refractivity contribution in [3.8, 4) is 0 Å². The van der Waals surface area contributed by atoms with Crippen LogP contribution in [0.5, 0.6) is 0 Å². The molecular weight excluding hydrogens is 418 g/mol. The van der Waals surface area contributed by atoms with Crippen LogP contribution in [0.3, 0.4) is 0 Å². The number of hydrogen-bond acceptors (Lipinski definition) is 2. The number of halogens is 2. The lowest BCUT2D eigenvalue weighted by molar-refractivity contribution is 0.258. The minimum absolute atomic E-state index is 0. The van der Waals surface area contributed by atoms with Crippen molar-refractivity contribution in [1.82, 2.24) is 15.1 Å². The Balaban J connectivity index is 0.00000288. The van der Waals surface area contributed by atoms with E-state index in [0.29, 0.717) is 5.92 Å². The van der Waals surface area contributed by atoms with E-state index >= 15 is 0 Å². The number of nitrogens with zero attached hydrogens (tertiary/aromatic N) is 3. The summed E-state index contributed by atoms with van der Waals surface area (Å²) >= 11 is 0. The third-order valence-corrected chi connectivity index (χ3v) is 4.50. The molecule has 1 aromatic carbocycles. The van der Waals surface area contributed by atoms with Crippen LogP contribution in [0.25, 0.3) is 0 Å². The first kappa shape index (κ1) is 21.2. The zero-order valence-corrected chi connectivity index (χ0v) is 17.5. The second kappa shape index (κ2) is 10.2. The molecule has 1 heterocycles. The molecule has 2 unspecified atom stereocenters. The largest absolute Gasteiger partial charge is 0.354 e. The highest BCUT2D eigenvalue weighted by Crippen LogP contribution is 2.19. The summed E-state index contributed by atoms with van der Waals surface area (Å²) in [5, 5.41) is 3.49. The number of piperidine rings is 1. The third kappa shape index (κ3) is 5.88. The quantitative estimate of drug-likeness (QED) is 0.436. The van der Waals surface area contributed by atoms with Gasteiger partial charge in [-0.25, -0.2) is 4.39 Å². The molecule has 1 aromatic rings. The molecule has 0 spiro atoms. The Hall–Kier alpha value is -0.890. The van der Waals surface area contributed by atoms with Gasteiger partial charge in [0.05, 0.1) is 6.04 Å². The Morgan fingerprint density at radius 1 is 1.38 bits per heavy atom. The van der Waals surface area contributed by atoms with Gasteiger partial charge in [0.2, 0.25) is 0 Å². The number of nitrogens with one attached hydrogen (secondary N) is 1. The zero-order chi connectivity index (χ0) is 16.8. The number of benzene rings is 1. The predicted molar refractivity (Wildman–Crippen MR) is 110 cm³/mol. The Labute approximate surface area is 162 Å². The normalized spacial score (nSPS) is 19.8. The van der Waals surface area contributed by atoms with Crippen LogP contribution >= 0.6 is 24.0 Å². The minimum Gasteiger partial charge on any atom is -0.354 e. The molecule has 136 valence electrons. The van der Waals surface area contributed by atoms with Crippen molar-refractivity contribution in [2.45, 2.75) is 25.8 Å². The molecule has 1 aliphatic rings. The molecule has 6 heteroatoms. The molecule has 24 heavy (non-hydrogen) atoms. The van der Waals surface area contributed by atoms with E-state index in [1.54, 1.807) is 0 Å². The molecule has 0 saturated carbocycles. The SMILES string of the molecule is CN=C(NCC(c1ccc(F)cc1)N(C)C)N1CCCC(C)C1.I. The second-order valence-electron chi connectivity index (χ2n) is 6.65. The molecule has 0 bridgehead atoms. The molecule has 2 atom stereocenters. The summed E-state index contributed by atoms with van der Waals surface area (Å²) in [5.74, 6) is 1.48. The Morgan fingerprint density at radius 2 is 2.04 bits per heavy atom. The fraction of sp³-hybridized carbons (Fsp3) is 0.611. The van der Waals surface area contributed by atoms with Gasteiger partial charge >= 0.3 is 0 Å². The molecule has 4 nitrogen and oxygen atoms in total. The average molecular weight is 448 g/mol. The van der Waals surface area contributed by atoms with Crippen molar-refractivity contribution in [1.29, 1.82) is 0 Å². The molecular formula is C18H30FIN4. The highest BCUT2D eigenvalue weighted by atomic mass is 127. The summed E-state index contributed by atoms with van der Waals surface area (Å²) < 4.78 is 13.1. The lowest BCUT2D eigenvalue weighted by Gasteiger charge is -2.35. The van der Waals surface area contributed by atoms with Crippen LogP contribution in [-0.4, -0.2) is 56.5 Å². The maximum atomic E-state index is 13.1. The predicted octanol–water partition coefficient (Wildman–Crippen LogP) is 3.35. The van der Waals surface area contributed by atoms with E-state index in [4.69, 9.17) is 0 Å². The van der Waals surface area contributed by atoms with Crippen LogP contribution in [0.15, 0.2) is 29.3 Å². The number of guanidine groups is 1. The van der Waals surface area contributed by atoms with Crippen molar-refractivity contribution in [3.63, 3.8) is 0 Å². The monoisotopic (exact) mass is 448 g/mol. The summed E-state index contributed by atoms with van der Waals surface area (Å²) in [4.78, 5) is 8.92. The van der Waals surface area contributed by atoms with Gasteiger partial charge in [-0.1, -0.05) is 19.1 Å². The summed E-state index contributed by atoms with van der Waals surface area (Å²) in [7, 11) is 5.92. The number of aliphatic imine (C=N–C) groups is 1. The van der Waals surface area contributed by atoms with Crippen LogP contribution < -0.4 is 5.32 Å². The van der Waals surface area contributed by atoms with E-state index in [1.807, 2.05) is 33.3 Å². The Bertz CT molecular complexity index is 518. The maximum absolute atomic E-state index is 13.1. The van der Waals surface area contributed by atoms with E-state index < -0.39 is 0 Å². The maximum Gasteiger partial charge on any atom is 0.193 e. The van der Waals surface area contributed by atoms with Gasteiger partial charge in [-0.3, -0.25) is 4.99 Å². The summed E-state index contributed by atoms with van der Waals surface area (Å²) in [6, 6.07) is 6.93. The van der Waals surface area contributed by atoms with Gasteiger partial charge in [0.25, 0.3) is 0 Å². The van der Waals surface area contributed by atoms with Crippen molar-refractivity contribution >= 4 is 29.9 Å². The lowest BCUT2D eigenvalue weighted by atomic mass is 10.0. The zero-order valence-electron chi connectivity index (χ0n) is 15.1. The van der Waals surface area contributed by atoms with E-state index in [9.17, 15) is 4.39 Å². The first-order valence-corrected chi connectivity index (χ1v) is 8.38. The molecule has 0 aromatic heterocycles. The van der Waals surface area contributed by atoms with Crippen LogP contribution in [0.4, 0.5) is 4.39 Å². The molecule has 0 radical (unpaired) electrons. The van der Waals surface area contributed by atoms with Gasteiger partial charge in [-0.2, -0.15) is 0 Å². The Kier molecular flexibility index (Phi) is 8.97. The fourth-order valence-corrected chi connectivity index (χ4v) is 3.19. The minimum atomic E-state index is -0.197. The molecule has 1 aliphatic heterocycles. The molecule has 1 N–H and O–H groups in total. The highest BCUT2D eigenvalue weighted by Gasteiger charge is 2.21. The fourth-order valence-electron chi connectivity index (χ4n) is 3.19. The highest BCUT2D eigenvalue weighted by molar-refractivity contribution is 14.0. The summed E-state index contributed by atoms with van der Waals surface area (Å²) in [6.45, 7) is 5.16. The summed E-state index contributed by atoms with van der Waals surface area (Å²) in [5.41, 5.74) is 1.10. The number of hydrogen-bond donors (Lipinski definition) is 1. The Morgan fingerprint density at radius 3 is 2.58 bits per heavy atom. The van der Waals surface area contributed by atoms with Crippen molar-refractivity contribution in [2.75, 3.05) is 40.8 Å². The topological polar surface area (TPSA) is 30.9 Å². The first-order valence-electron chi connectivity index (χ1n) is 8.38. The van der Waals surface area contributed by atoms with Crippen LogP contribution in [-0.2, 0) is 0 Å². The van der Waals surface area contributed by atoms with E-state index in [1.165, 1.54) is 25.0 Å². The number of rotatable bonds is 4. The standard InChI is InChI=1S/C18H29FN4.HI/c1-14-6-5-11-23(13-14)18(20-2)21-12-17(22(3)4)15-7-9-16(19)10-8-15;/h7-10,14,17H,5-6,11-13H2,1-4H3,(H,20,21);1H. The molecule has 0 aliphatic carbocycles. The van der Waals surface area contributed by atoms with Gasteiger partial charge in [0.1, 0.15) is 5.82 Å². The summed E-state index contributed by atoms with van der Waals surface area (Å²) in [6.07, 6.45) is 2.51. The molecule has 2 rings (SSSR count). The van der Waals surface area contributed by atoms with E-state index in [-0.39, 0.29) is 35.8 Å². The second-order valence-corrected chi connectivity index (χ2v) is 6.65. The van der Waals surface area contributed by atoms with Crippen LogP contribution in [0.2, 0.25) is 0 Å². The van der Waals surface area contributed by atoms with Crippen LogP contribution in [0.1, 0.15) is 31.4 Å². The van der Waals surface area contributed by atoms with Crippen molar-refractivity contribution in [2.24, 2.45) is 10.9 Å². The lowest BCUT2D eigenvalue weighted by Crippen LogP contribution is -2.48. The molecule has 0 amide bonds.